The molecular weight excluding hydrogens is 458 g/mol. The van der Waals surface area contributed by atoms with Crippen molar-refractivity contribution in [3.63, 3.8) is 0 Å². The molecule has 1 aromatic carbocycles. The Morgan fingerprint density at radius 1 is 1.31 bits per heavy atom. The number of hydrogen-bond acceptors (Lipinski definition) is 7. The van der Waals surface area contributed by atoms with Crippen molar-refractivity contribution >= 4 is 32.9 Å². The van der Waals surface area contributed by atoms with Crippen molar-refractivity contribution in [1.82, 2.24) is 9.78 Å². The van der Waals surface area contributed by atoms with Gasteiger partial charge in [-0.1, -0.05) is 25.4 Å². The Morgan fingerprint density at radius 2 is 2.00 bits per heavy atom. The summed E-state index contributed by atoms with van der Waals surface area (Å²) in [5.74, 6) is -0.449. The van der Waals surface area contributed by atoms with Crippen LogP contribution >= 0.6 is 11.6 Å². The van der Waals surface area contributed by atoms with Gasteiger partial charge in [0.25, 0.3) is 5.56 Å². The van der Waals surface area contributed by atoms with Crippen LogP contribution in [-0.2, 0) is 25.9 Å². The Kier molecular flexibility index (Phi) is 7.18. The molecule has 1 fully saturated rings. The molecule has 0 aliphatic carbocycles. The summed E-state index contributed by atoms with van der Waals surface area (Å²) in [5.41, 5.74) is -0.269. The number of H-pyrrole nitrogens is 1. The van der Waals surface area contributed by atoms with E-state index in [1.54, 1.807) is 11.8 Å². The van der Waals surface area contributed by atoms with Crippen molar-refractivity contribution in [3.05, 3.63) is 44.8 Å². The molecule has 1 aromatic heterocycles. The van der Waals surface area contributed by atoms with Crippen LogP contribution in [0.5, 0.6) is 0 Å². The number of aryl methyl sites for hydroxylation is 1. The van der Waals surface area contributed by atoms with Gasteiger partial charge in [-0.3, -0.25) is 14.3 Å². The molecule has 3 rings (SSSR count). The lowest BCUT2D eigenvalue weighted by molar-refractivity contribution is -0.172. The van der Waals surface area contributed by atoms with Crippen molar-refractivity contribution in [2.75, 3.05) is 31.4 Å². The van der Waals surface area contributed by atoms with Gasteiger partial charge in [0.15, 0.2) is 16.1 Å². The van der Waals surface area contributed by atoms with Crippen LogP contribution in [0.25, 0.3) is 0 Å². The molecule has 0 spiro atoms. The van der Waals surface area contributed by atoms with Crippen LogP contribution in [0, 0.1) is 5.92 Å². The van der Waals surface area contributed by atoms with Gasteiger partial charge >= 0.3 is 0 Å². The van der Waals surface area contributed by atoms with Crippen LogP contribution in [-0.4, -0.2) is 62.8 Å². The number of ether oxygens (including phenoxy) is 2. The topological polar surface area (TPSA) is 111 Å². The molecule has 1 saturated heterocycles. The molecule has 176 valence electrons. The second-order valence-corrected chi connectivity index (χ2v) is 10.5. The maximum Gasteiger partial charge on any atom is 0.277 e. The smallest absolute Gasteiger partial charge is 0.277 e. The van der Waals surface area contributed by atoms with E-state index in [2.05, 4.69) is 5.10 Å². The monoisotopic (exact) mass is 485 g/mol. The summed E-state index contributed by atoms with van der Waals surface area (Å²) in [7, 11) is -2.16. The Morgan fingerprint density at radius 3 is 2.53 bits per heavy atom. The average molecular weight is 486 g/mol. The van der Waals surface area contributed by atoms with Gasteiger partial charge in [0, 0.05) is 38.2 Å². The lowest BCUT2D eigenvalue weighted by Gasteiger charge is -2.41. The number of hydrogen-bond donors (Lipinski definition) is 1. The summed E-state index contributed by atoms with van der Waals surface area (Å²) < 4.78 is 37.8. The van der Waals surface area contributed by atoms with E-state index >= 15 is 0 Å². The van der Waals surface area contributed by atoms with E-state index in [-0.39, 0.29) is 45.3 Å². The van der Waals surface area contributed by atoms with Gasteiger partial charge in [0.05, 0.1) is 28.3 Å². The number of benzene rings is 1. The summed E-state index contributed by atoms with van der Waals surface area (Å²) in [6.45, 7) is 6.72. The Labute approximate surface area is 192 Å². The van der Waals surface area contributed by atoms with Gasteiger partial charge in [0.2, 0.25) is 5.78 Å². The first-order valence-corrected chi connectivity index (χ1v) is 12.5. The number of nitrogens with one attached hydrogen (secondary N) is 1. The molecule has 2 atom stereocenters. The lowest BCUT2D eigenvalue weighted by Crippen LogP contribution is -2.50. The highest BCUT2D eigenvalue weighted by Crippen LogP contribution is 2.38. The first-order valence-electron chi connectivity index (χ1n) is 10.3. The standard InChI is InChI=1S/C21H28ClN3O6S/c1-6-25-21(27)14(9-23-25)20(26)13-7-8-16(32(5,28)29)19(18(13)22)24-10-15(12(2)3)31-17(11-24)30-4/h7-9,12,15,17,23H,6,10-11H2,1-5H3/t15-,17-/m1/s1. The number of morpholine rings is 1. The van der Waals surface area contributed by atoms with Crippen LogP contribution in [0.15, 0.2) is 28.0 Å². The number of halogens is 1. The van der Waals surface area contributed by atoms with Crippen LogP contribution < -0.4 is 10.5 Å². The van der Waals surface area contributed by atoms with Crippen molar-refractivity contribution in [3.8, 4) is 0 Å². The molecule has 1 aliphatic rings. The highest BCUT2D eigenvalue weighted by molar-refractivity contribution is 7.90. The Balaban J connectivity index is 2.16. The van der Waals surface area contributed by atoms with E-state index in [0.29, 0.717) is 13.1 Å². The quantitative estimate of drug-likeness (QED) is 0.599. The fourth-order valence-corrected chi connectivity index (χ4v) is 5.02. The molecule has 0 saturated carbocycles. The van der Waals surface area contributed by atoms with Crippen LogP contribution in [0.3, 0.4) is 0 Å². The summed E-state index contributed by atoms with van der Waals surface area (Å²) in [6, 6.07) is 2.71. The van der Waals surface area contributed by atoms with E-state index in [1.807, 2.05) is 13.8 Å². The van der Waals surface area contributed by atoms with Gasteiger partial charge in [0.1, 0.15) is 5.56 Å². The summed E-state index contributed by atoms with van der Waals surface area (Å²) in [6.07, 6.45) is 1.58. The van der Waals surface area contributed by atoms with Crippen LogP contribution in [0.4, 0.5) is 5.69 Å². The lowest BCUT2D eigenvalue weighted by atomic mass is 10.0. The fourth-order valence-electron chi connectivity index (χ4n) is 3.70. The zero-order chi connectivity index (χ0) is 23.8. The first kappa shape index (κ1) is 24.5. The number of carbonyl (C=O) groups excluding carboxylic acids is 1. The van der Waals surface area contributed by atoms with Crippen molar-refractivity contribution in [1.29, 1.82) is 0 Å². The third kappa shape index (κ3) is 4.63. The average Bonchev–Trinajstić information content (AvgIpc) is 3.12. The number of aromatic amines is 1. The minimum Gasteiger partial charge on any atom is -0.362 e. The number of nitrogens with zero attached hydrogens (tertiary/aromatic N) is 2. The maximum atomic E-state index is 13.2. The summed E-state index contributed by atoms with van der Waals surface area (Å²) in [4.78, 5) is 27.4. The number of anilines is 1. The number of rotatable bonds is 7. The zero-order valence-corrected chi connectivity index (χ0v) is 20.3. The van der Waals surface area contributed by atoms with Gasteiger partial charge in [-0.05, 0) is 25.0 Å². The third-order valence-electron chi connectivity index (χ3n) is 5.54. The second-order valence-electron chi connectivity index (χ2n) is 8.10. The highest BCUT2D eigenvalue weighted by atomic mass is 35.5. The SMILES string of the molecule is CCn1[nH]cc(C(=O)c2ccc(S(C)(=O)=O)c(N3C[C@H](OC)O[C@@H](C(C)C)C3)c2Cl)c1=O. The normalized spacial score (nSPS) is 19.5. The highest BCUT2D eigenvalue weighted by Gasteiger charge is 2.34. The minimum absolute atomic E-state index is 0.00153. The minimum atomic E-state index is -3.67. The molecule has 2 aromatic rings. The van der Waals surface area contributed by atoms with E-state index in [9.17, 15) is 18.0 Å². The number of ketones is 1. The zero-order valence-electron chi connectivity index (χ0n) is 18.7. The Bertz CT molecular complexity index is 1170. The number of aromatic nitrogens is 2. The van der Waals surface area contributed by atoms with Gasteiger partial charge in [-0.2, -0.15) is 0 Å². The number of methoxy groups -OCH3 is 1. The van der Waals surface area contributed by atoms with Crippen molar-refractivity contribution in [2.24, 2.45) is 5.92 Å². The molecule has 9 nitrogen and oxygen atoms in total. The molecular formula is C21H28ClN3O6S. The van der Waals surface area contributed by atoms with Gasteiger partial charge in [-0.25, -0.2) is 8.42 Å². The predicted molar refractivity (Wildman–Crippen MR) is 121 cm³/mol. The van der Waals surface area contributed by atoms with E-state index < -0.39 is 27.5 Å². The second kappa shape index (κ2) is 9.38. The molecule has 1 aliphatic heterocycles. The van der Waals surface area contributed by atoms with Crippen molar-refractivity contribution < 1.29 is 22.7 Å². The molecule has 1 N–H and O–H groups in total. The molecule has 2 heterocycles. The predicted octanol–water partition coefficient (Wildman–Crippen LogP) is 2.32. The molecule has 32 heavy (non-hydrogen) atoms. The third-order valence-corrected chi connectivity index (χ3v) is 7.05. The summed E-state index contributed by atoms with van der Waals surface area (Å²) in [5, 5.41) is 2.71. The van der Waals surface area contributed by atoms with E-state index in [4.69, 9.17) is 21.1 Å². The Hall–Kier alpha value is -2.14. The van der Waals surface area contributed by atoms with Crippen LogP contribution in [0.2, 0.25) is 5.02 Å². The van der Waals surface area contributed by atoms with E-state index in [0.717, 1.165) is 6.26 Å². The van der Waals surface area contributed by atoms with E-state index in [1.165, 1.54) is 30.1 Å². The maximum absolute atomic E-state index is 13.2. The molecule has 11 heteroatoms. The number of carbonyl (C=O) groups is 1. The van der Waals surface area contributed by atoms with Gasteiger partial charge in [-0.15, -0.1) is 0 Å². The molecule has 0 radical (unpaired) electrons. The van der Waals surface area contributed by atoms with Gasteiger partial charge < -0.3 is 19.5 Å². The summed E-state index contributed by atoms with van der Waals surface area (Å²) >= 11 is 6.68. The first-order chi connectivity index (χ1) is 15.0. The van der Waals surface area contributed by atoms with Crippen LogP contribution in [0.1, 0.15) is 36.7 Å². The fraction of sp³-hybridized carbons (Fsp3) is 0.524. The van der Waals surface area contributed by atoms with Crippen molar-refractivity contribution in [2.45, 2.75) is 44.6 Å². The largest absolute Gasteiger partial charge is 0.362 e. The molecule has 0 amide bonds. The molecule has 0 unspecified atom stereocenters. The molecule has 0 bridgehead atoms. The number of sulfone groups is 1.